The molecule has 0 saturated carbocycles. The van der Waals surface area contributed by atoms with E-state index in [0.717, 1.165) is 6.07 Å². The predicted octanol–water partition coefficient (Wildman–Crippen LogP) is 1.27. The van der Waals surface area contributed by atoms with Crippen molar-refractivity contribution in [3.05, 3.63) is 32.8 Å². The van der Waals surface area contributed by atoms with Gasteiger partial charge < -0.3 is 0 Å². The second-order valence-corrected chi connectivity index (χ2v) is 5.35. The van der Waals surface area contributed by atoms with Crippen LogP contribution in [0.4, 0.5) is 5.69 Å². The van der Waals surface area contributed by atoms with Gasteiger partial charge in [0.1, 0.15) is 0 Å². The van der Waals surface area contributed by atoms with Crippen molar-refractivity contribution in [3.8, 4) is 0 Å². The van der Waals surface area contributed by atoms with Crippen molar-refractivity contribution in [2.75, 3.05) is 7.05 Å². The van der Waals surface area contributed by atoms with Crippen molar-refractivity contribution < 1.29 is 13.3 Å². The third-order valence-electron chi connectivity index (χ3n) is 1.68. The molecule has 0 aromatic heterocycles. The Hall–Kier alpha value is -0.990. The van der Waals surface area contributed by atoms with Crippen LogP contribution in [0.2, 0.25) is 0 Å². The Kier molecular flexibility index (Phi) is 3.42. The molecule has 0 atom stereocenters. The molecular formula is C7H7BrN2O4S. The highest BCUT2D eigenvalue weighted by Crippen LogP contribution is 2.26. The fourth-order valence-electron chi connectivity index (χ4n) is 0.970. The molecule has 1 N–H and O–H groups in total. The highest BCUT2D eigenvalue weighted by Gasteiger charge is 2.24. The molecule has 0 aliphatic rings. The molecule has 0 aliphatic carbocycles. The summed E-state index contributed by atoms with van der Waals surface area (Å²) < 4.78 is 25.3. The lowest BCUT2D eigenvalue weighted by Gasteiger charge is -2.03. The van der Waals surface area contributed by atoms with Crippen LogP contribution >= 0.6 is 15.9 Å². The largest absolute Gasteiger partial charge is 0.290 e. The topological polar surface area (TPSA) is 89.3 Å². The van der Waals surface area contributed by atoms with E-state index in [2.05, 4.69) is 15.9 Å². The molecule has 0 aliphatic heterocycles. The van der Waals surface area contributed by atoms with Crippen molar-refractivity contribution in [1.29, 1.82) is 0 Å². The van der Waals surface area contributed by atoms with E-state index in [1.807, 2.05) is 4.72 Å². The Labute approximate surface area is 94.6 Å². The molecule has 1 aromatic carbocycles. The minimum atomic E-state index is -3.80. The van der Waals surface area contributed by atoms with Gasteiger partial charge in [-0.3, -0.25) is 10.1 Å². The first-order valence-electron chi connectivity index (χ1n) is 3.76. The number of nitro benzene ring substituents is 1. The van der Waals surface area contributed by atoms with Crippen LogP contribution in [-0.2, 0) is 10.0 Å². The van der Waals surface area contributed by atoms with E-state index in [9.17, 15) is 18.5 Å². The minimum Gasteiger partial charge on any atom is -0.258 e. The Bertz CT molecular complexity index is 500. The van der Waals surface area contributed by atoms with Crippen LogP contribution in [0.3, 0.4) is 0 Å². The monoisotopic (exact) mass is 294 g/mol. The summed E-state index contributed by atoms with van der Waals surface area (Å²) in [7, 11) is -2.61. The smallest absolute Gasteiger partial charge is 0.258 e. The number of sulfonamides is 1. The van der Waals surface area contributed by atoms with Gasteiger partial charge in [-0.25, -0.2) is 13.1 Å². The molecule has 6 nitrogen and oxygen atoms in total. The van der Waals surface area contributed by atoms with Crippen molar-refractivity contribution in [1.82, 2.24) is 4.72 Å². The fourth-order valence-corrected chi connectivity index (χ4v) is 2.20. The number of hydrogen-bond acceptors (Lipinski definition) is 4. The summed E-state index contributed by atoms with van der Waals surface area (Å²) in [6.07, 6.45) is 0. The van der Waals surface area contributed by atoms with Gasteiger partial charge in [-0.2, -0.15) is 0 Å². The molecule has 0 spiro atoms. The molecule has 0 amide bonds. The van der Waals surface area contributed by atoms with Crippen LogP contribution in [0.1, 0.15) is 0 Å². The second kappa shape index (κ2) is 4.25. The van der Waals surface area contributed by atoms with E-state index < -0.39 is 20.6 Å². The Balaban J connectivity index is 3.49. The maximum atomic E-state index is 11.4. The maximum Gasteiger partial charge on any atom is 0.290 e. The molecule has 0 bridgehead atoms. The van der Waals surface area contributed by atoms with Gasteiger partial charge in [0.2, 0.25) is 10.0 Å². The summed E-state index contributed by atoms with van der Waals surface area (Å²) in [4.78, 5) is 9.54. The van der Waals surface area contributed by atoms with E-state index >= 15 is 0 Å². The van der Waals surface area contributed by atoms with Crippen LogP contribution in [0.5, 0.6) is 0 Å². The zero-order valence-corrected chi connectivity index (χ0v) is 10.0. The molecule has 1 aromatic rings. The van der Waals surface area contributed by atoms with E-state index in [1.165, 1.54) is 19.2 Å². The Morgan fingerprint density at radius 2 is 2.07 bits per heavy atom. The third-order valence-corrected chi connectivity index (χ3v) is 3.63. The Morgan fingerprint density at radius 3 is 2.53 bits per heavy atom. The third kappa shape index (κ3) is 2.52. The first kappa shape index (κ1) is 12.1. The molecule has 8 heteroatoms. The van der Waals surface area contributed by atoms with Crippen LogP contribution < -0.4 is 4.72 Å². The van der Waals surface area contributed by atoms with Gasteiger partial charge >= 0.3 is 0 Å². The zero-order chi connectivity index (χ0) is 11.6. The van der Waals surface area contributed by atoms with Crippen LogP contribution in [0.25, 0.3) is 0 Å². The second-order valence-electron chi connectivity index (χ2n) is 2.58. The average molecular weight is 295 g/mol. The number of halogens is 1. The van der Waals surface area contributed by atoms with E-state index in [1.54, 1.807) is 0 Å². The summed E-state index contributed by atoms with van der Waals surface area (Å²) >= 11 is 3.03. The van der Waals surface area contributed by atoms with Gasteiger partial charge in [-0.05, 0) is 19.2 Å². The van der Waals surface area contributed by atoms with Crippen molar-refractivity contribution in [2.45, 2.75) is 4.90 Å². The lowest BCUT2D eigenvalue weighted by molar-refractivity contribution is -0.387. The molecule has 15 heavy (non-hydrogen) atoms. The van der Waals surface area contributed by atoms with Crippen LogP contribution in [0.15, 0.2) is 27.6 Å². The van der Waals surface area contributed by atoms with Gasteiger partial charge in [0.15, 0.2) is 4.90 Å². The molecule has 82 valence electrons. The summed E-state index contributed by atoms with van der Waals surface area (Å²) in [6, 6.07) is 3.75. The van der Waals surface area contributed by atoms with Crippen molar-refractivity contribution in [2.24, 2.45) is 0 Å². The maximum absolute atomic E-state index is 11.4. The number of nitrogens with zero attached hydrogens (tertiary/aromatic N) is 1. The van der Waals surface area contributed by atoms with Crippen molar-refractivity contribution in [3.63, 3.8) is 0 Å². The van der Waals surface area contributed by atoms with Gasteiger partial charge in [-0.1, -0.05) is 15.9 Å². The molecule has 0 radical (unpaired) electrons. The summed E-state index contributed by atoms with van der Waals surface area (Å²) in [6.45, 7) is 0. The number of nitro groups is 1. The standard InChI is InChI=1S/C7H7BrN2O4S/c1-9-15(13,14)7-3-2-5(8)4-6(7)10(11)12/h2-4,9H,1H3. The summed E-state index contributed by atoms with van der Waals surface area (Å²) in [5.74, 6) is 0. The van der Waals surface area contributed by atoms with Gasteiger partial charge in [0.25, 0.3) is 5.69 Å². The first-order chi connectivity index (χ1) is 6.88. The molecule has 0 saturated heterocycles. The lowest BCUT2D eigenvalue weighted by Crippen LogP contribution is -2.19. The zero-order valence-electron chi connectivity index (χ0n) is 7.60. The van der Waals surface area contributed by atoms with Gasteiger partial charge in [0.05, 0.1) is 4.92 Å². The van der Waals surface area contributed by atoms with Crippen LogP contribution in [-0.4, -0.2) is 20.4 Å². The normalized spacial score (nSPS) is 11.3. The summed E-state index contributed by atoms with van der Waals surface area (Å²) in [5, 5.41) is 10.6. The van der Waals surface area contributed by atoms with Crippen molar-refractivity contribution >= 4 is 31.6 Å². The molecule has 0 unspecified atom stereocenters. The summed E-state index contributed by atoms with van der Waals surface area (Å²) in [5.41, 5.74) is -0.460. The first-order valence-corrected chi connectivity index (χ1v) is 6.03. The van der Waals surface area contributed by atoms with E-state index in [0.29, 0.717) is 4.47 Å². The van der Waals surface area contributed by atoms with Gasteiger partial charge in [0, 0.05) is 10.5 Å². The van der Waals surface area contributed by atoms with Gasteiger partial charge in [-0.15, -0.1) is 0 Å². The number of nitrogens with one attached hydrogen (secondary N) is 1. The number of rotatable bonds is 3. The predicted molar refractivity (Wildman–Crippen MR) is 57.0 cm³/mol. The lowest BCUT2D eigenvalue weighted by atomic mass is 10.3. The SMILES string of the molecule is CNS(=O)(=O)c1ccc(Br)cc1[N+](=O)[O-]. The fraction of sp³-hybridized carbons (Fsp3) is 0.143. The molecule has 0 fully saturated rings. The van der Waals surface area contributed by atoms with E-state index in [-0.39, 0.29) is 4.90 Å². The van der Waals surface area contributed by atoms with Crippen LogP contribution in [0, 0.1) is 10.1 Å². The molecular weight excluding hydrogens is 288 g/mol. The highest BCUT2D eigenvalue weighted by atomic mass is 79.9. The number of benzene rings is 1. The highest BCUT2D eigenvalue weighted by molar-refractivity contribution is 9.10. The molecule has 1 rings (SSSR count). The minimum absolute atomic E-state index is 0.349. The quantitative estimate of drug-likeness (QED) is 0.671. The number of hydrogen-bond donors (Lipinski definition) is 1. The average Bonchev–Trinajstić information content (AvgIpc) is 2.17. The molecule has 0 heterocycles. The Morgan fingerprint density at radius 1 is 1.47 bits per heavy atom. The van der Waals surface area contributed by atoms with E-state index in [4.69, 9.17) is 0 Å².